The Morgan fingerprint density at radius 3 is 2.68 bits per heavy atom. The summed E-state index contributed by atoms with van der Waals surface area (Å²) < 4.78 is 5.05. The first-order valence-corrected chi connectivity index (χ1v) is 6.01. The van der Waals surface area contributed by atoms with Crippen LogP contribution in [0.25, 0.3) is 0 Å². The largest absolute Gasteiger partial charge is 0.399 e. The summed E-state index contributed by atoms with van der Waals surface area (Å²) in [6, 6.07) is 7.13. The molecule has 0 fully saturated rings. The second kappa shape index (κ2) is 7.38. The molecule has 4 N–H and O–H groups in total. The minimum absolute atomic E-state index is 0.0634. The summed E-state index contributed by atoms with van der Waals surface area (Å²) in [6.07, 6.45) is 0. The molecule has 0 heterocycles. The van der Waals surface area contributed by atoms with Crippen molar-refractivity contribution in [1.82, 2.24) is 4.90 Å². The third-order valence-corrected chi connectivity index (χ3v) is 2.45. The predicted molar refractivity (Wildman–Crippen MR) is 72.0 cm³/mol. The molecular formula is C13H19N3O3. The molecule has 0 aliphatic rings. The average Bonchev–Trinajstić information content (AvgIpc) is 2.34. The number of hydrogen-bond acceptors (Lipinski definition) is 4. The molecule has 6 nitrogen and oxygen atoms in total. The summed E-state index contributed by atoms with van der Waals surface area (Å²) >= 11 is 0. The number of nitrogens with zero attached hydrogens (tertiary/aromatic N) is 1. The molecule has 1 aromatic rings. The molecule has 0 saturated heterocycles. The molecule has 19 heavy (non-hydrogen) atoms. The molecule has 0 radical (unpaired) electrons. The average molecular weight is 265 g/mol. The Morgan fingerprint density at radius 1 is 1.37 bits per heavy atom. The molecule has 1 aromatic carbocycles. The van der Waals surface area contributed by atoms with Gasteiger partial charge in [-0.05, 0) is 24.6 Å². The van der Waals surface area contributed by atoms with Gasteiger partial charge in [0.2, 0.25) is 11.8 Å². The normalized spacial score (nSPS) is 10.2. The highest BCUT2D eigenvalue weighted by Crippen LogP contribution is 2.09. The molecule has 0 spiro atoms. The van der Waals surface area contributed by atoms with Crippen LogP contribution in [0.5, 0.6) is 0 Å². The number of anilines is 1. The molecule has 0 aliphatic carbocycles. The minimum Gasteiger partial charge on any atom is -0.399 e. The number of benzene rings is 1. The Hall–Kier alpha value is -2.08. The summed E-state index contributed by atoms with van der Waals surface area (Å²) in [5, 5.41) is 0. The van der Waals surface area contributed by atoms with E-state index in [1.807, 2.05) is 6.07 Å². The first-order valence-electron chi connectivity index (χ1n) is 6.01. The Balaban J connectivity index is 2.73. The smallest absolute Gasteiger partial charge is 0.249 e. The van der Waals surface area contributed by atoms with Gasteiger partial charge in [0.1, 0.15) is 6.61 Å². The van der Waals surface area contributed by atoms with E-state index >= 15 is 0 Å². The topological polar surface area (TPSA) is 98.6 Å². The Bertz CT molecular complexity index is 449. The molecule has 6 heteroatoms. The van der Waals surface area contributed by atoms with Gasteiger partial charge in [-0.1, -0.05) is 12.1 Å². The fourth-order valence-electron chi connectivity index (χ4n) is 1.61. The summed E-state index contributed by atoms with van der Waals surface area (Å²) in [6.45, 7) is 2.31. The zero-order valence-electron chi connectivity index (χ0n) is 11.0. The Labute approximate surface area is 112 Å². The van der Waals surface area contributed by atoms with Gasteiger partial charge >= 0.3 is 0 Å². The van der Waals surface area contributed by atoms with Crippen molar-refractivity contribution in [3.8, 4) is 0 Å². The van der Waals surface area contributed by atoms with Crippen molar-refractivity contribution in [3.05, 3.63) is 29.8 Å². The maximum Gasteiger partial charge on any atom is 0.249 e. The summed E-state index contributed by atoms with van der Waals surface area (Å²) in [4.78, 5) is 24.3. The van der Waals surface area contributed by atoms with Crippen LogP contribution >= 0.6 is 0 Å². The van der Waals surface area contributed by atoms with E-state index in [2.05, 4.69) is 0 Å². The van der Waals surface area contributed by atoms with Gasteiger partial charge in [0.25, 0.3) is 0 Å². The second-order valence-electron chi connectivity index (χ2n) is 4.10. The van der Waals surface area contributed by atoms with Crippen molar-refractivity contribution in [2.24, 2.45) is 5.73 Å². The number of primary amides is 1. The monoisotopic (exact) mass is 265 g/mol. The van der Waals surface area contributed by atoms with E-state index in [9.17, 15) is 9.59 Å². The maximum atomic E-state index is 11.9. The van der Waals surface area contributed by atoms with E-state index < -0.39 is 5.91 Å². The summed E-state index contributed by atoms with van der Waals surface area (Å²) in [7, 11) is 0. The molecule has 2 amide bonds. The van der Waals surface area contributed by atoms with Crippen LogP contribution in [0.1, 0.15) is 12.5 Å². The zero-order chi connectivity index (χ0) is 14.3. The Kier molecular flexibility index (Phi) is 5.81. The summed E-state index contributed by atoms with van der Waals surface area (Å²) in [5.74, 6) is -0.836. The van der Waals surface area contributed by atoms with Crippen LogP contribution < -0.4 is 11.5 Å². The van der Waals surface area contributed by atoms with E-state index in [0.29, 0.717) is 12.3 Å². The van der Waals surface area contributed by atoms with Crippen molar-refractivity contribution < 1.29 is 14.3 Å². The number of hydrogen-bond donors (Lipinski definition) is 2. The van der Waals surface area contributed by atoms with Crippen molar-refractivity contribution in [2.45, 2.75) is 13.5 Å². The number of nitrogen functional groups attached to an aromatic ring is 1. The number of carbonyl (C=O) groups is 2. The lowest BCUT2D eigenvalue weighted by molar-refractivity contribution is -0.139. The first-order chi connectivity index (χ1) is 9.02. The third kappa shape index (κ3) is 5.39. The van der Waals surface area contributed by atoms with E-state index in [-0.39, 0.29) is 25.6 Å². The van der Waals surface area contributed by atoms with Gasteiger partial charge in [0, 0.05) is 18.8 Å². The van der Waals surface area contributed by atoms with Crippen LogP contribution in [0.4, 0.5) is 5.69 Å². The molecule has 0 atom stereocenters. The molecule has 104 valence electrons. The summed E-state index contributed by atoms with van der Waals surface area (Å²) in [5.41, 5.74) is 12.3. The SMILES string of the molecule is CCOCC(=O)N(CC(N)=O)Cc1cccc(N)c1. The van der Waals surface area contributed by atoms with Crippen molar-refractivity contribution >= 4 is 17.5 Å². The van der Waals surface area contributed by atoms with Gasteiger partial charge in [-0.25, -0.2) is 0 Å². The lowest BCUT2D eigenvalue weighted by Gasteiger charge is -2.21. The van der Waals surface area contributed by atoms with Crippen LogP contribution in [0.15, 0.2) is 24.3 Å². The van der Waals surface area contributed by atoms with Gasteiger partial charge in [-0.3, -0.25) is 9.59 Å². The van der Waals surface area contributed by atoms with Crippen molar-refractivity contribution in [1.29, 1.82) is 0 Å². The molecule has 1 rings (SSSR count). The number of ether oxygens (including phenoxy) is 1. The fourth-order valence-corrected chi connectivity index (χ4v) is 1.61. The van der Waals surface area contributed by atoms with Crippen LogP contribution in [-0.4, -0.2) is 36.5 Å². The van der Waals surface area contributed by atoms with Crippen LogP contribution in [0.3, 0.4) is 0 Å². The molecule has 0 aromatic heterocycles. The molecule has 0 bridgehead atoms. The second-order valence-corrected chi connectivity index (χ2v) is 4.10. The van der Waals surface area contributed by atoms with Crippen LogP contribution in [0.2, 0.25) is 0 Å². The predicted octanol–water partition coefficient (Wildman–Crippen LogP) is 0.119. The maximum absolute atomic E-state index is 11.9. The highest BCUT2D eigenvalue weighted by molar-refractivity contribution is 5.84. The lowest BCUT2D eigenvalue weighted by atomic mass is 10.2. The van der Waals surface area contributed by atoms with Gasteiger partial charge in [-0.15, -0.1) is 0 Å². The number of amides is 2. The van der Waals surface area contributed by atoms with Gasteiger partial charge in [0.15, 0.2) is 0 Å². The Morgan fingerprint density at radius 2 is 2.11 bits per heavy atom. The quantitative estimate of drug-likeness (QED) is 0.684. The van der Waals surface area contributed by atoms with Gasteiger partial charge in [0.05, 0.1) is 6.54 Å². The molecular weight excluding hydrogens is 246 g/mol. The third-order valence-electron chi connectivity index (χ3n) is 2.45. The van der Waals surface area contributed by atoms with Crippen LogP contribution in [0, 0.1) is 0 Å². The van der Waals surface area contributed by atoms with E-state index in [0.717, 1.165) is 5.56 Å². The minimum atomic E-state index is -0.561. The zero-order valence-corrected chi connectivity index (χ0v) is 11.0. The lowest BCUT2D eigenvalue weighted by Crippen LogP contribution is -2.39. The van der Waals surface area contributed by atoms with E-state index in [1.165, 1.54) is 4.90 Å². The van der Waals surface area contributed by atoms with E-state index in [1.54, 1.807) is 25.1 Å². The number of nitrogens with two attached hydrogens (primary N) is 2. The van der Waals surface area contributed by atoms with E-state index in [4.69, 9.17) is 16.2 Å². The fraction of sp³-hybridized carbons (Fsp3) is 0.385. The highest BCUT2D eigenvalue weighted by atomic mass is 16.5. The van der Waals surface area contributed by atoms with Crippen molar-refractivity contribution in [3.63, 3.8) is 0 Å². The molecule has 0 unspecified atom stereocenters. The number of carbonyl (C=O) groups excluding carboxylic acids is 2. The first kappa shape index (κ1) is 15.0. The van der Waals surface area contributed by atoms with Gasteiger partial charge in [-0.2, -0.15) is 0 Å². The highest BCUT2D eigenvalue weighted by Gasteiger charge is 2.16. The standard InChI is InChI=1S/C13H19N3O3/c1-2-19-9-13(18)16(8-12(15)17)7-10-4-3-5-11(14)6-10/h3-6H,2,7-9,14H2,1H3,(H2,15,17). The number of rotatable bonds is 7. The van der Waals surface area contributed by atoms with Crippen molar-refractivity contribution in [2.75, 3.05) is 25.5 Å². The molecule has 0 saturated carbocycles. The van der Waals surface area contributed by atoms with Gasteiger partial charge < -0.3 is 21.1 Å². The molecule has 0 aliphatic heterocycles. The van der Waals surface area contributed by atoms with Crippen LogP contribution in [-0.2, 0) is 20.9 Å².